The maximum absolute atomic E-state index is 11.3. The van der Waals surface area contributed by atoms with Crippen LogP contribution >= 0.6 is 11.6 Å². The van der Waals surface area contributed by atoms with Crippen LogP contribution in [0.5, 0.6) is 5.75 Å². The van der Waals surface area contributed by atoms with Crippen LogP contribution in [0.3, 0.4) is 0 Å². The van der Waals surface area contributed by atoms with Crippen LogP contribution in [0.25, 0.3) is 0 Å². The number of rotatable bonds is 6. The highest BCUT2D eigenvalue weighted by molar-refractivity contribution is 6.31. The normalized spacial score (nSPS) is 18.0. The Bertz CT molecular complexity index is 772. The molecular weight excluding hydrogens is 346 g/mol. The number of hydrogen-bond acceptors (Lipinski definition) is 3. The number of Topliss-reactive ketones (excluding diaryl/α,β-unsaturated/α-hetero) is 1. The summed E-state index contributed by atoms with van der Waals surface area (Å²) in [5.74, 6) is 1.35. The summed E-state index contributed by atoms with van der Waals surface area (Å²) < 4.78 is 6.16. The lowest BCUT2D eigenvalue weighted by Gasteiger charge is -2.20. The fourth-order valence-electron chi connectivity index (χ4n) is 3.45. The molecule has 1 unspecified atom stereocenters. The van der Waals surface area contributed by atoms with Crippen molar-refractivity contribution >= 4 is 23.1 Å². The van der Waals surface area contributed by atoms with Crippen LogP contribution in [-0.2, 0) is 4.79 Å². The first-order chi connectivity index (χ1) is 12.4. The summed E-state index contributed by atoms with van der Waals surface area (Å²) in [7, 11) is 0. The van der Waals surface area contributed by atoms with Crippen LogP contribution in [0.4, 0.5) is 5.69 Å². The topological polar surface area (TPSA) is 29.5 Å². The van der Waals surface area contributed by atoms with E-state index >= 15 is 0 Å². The number of anilines is 1. The van der Waals surface area contributed by atoms with Gasteiger partial charge in [-0.15, -0.1) is 0 Å². The Balaban J connectivity index is 1.58. The van der Waals surface area contributed by atoms with Crippen LogP contribution in [0.15, 0.2) is 42.5 Å². The SMILES string of the molecule is CC(=O)C[C@@H](C)c1ccc(OC2CCN(c3ccc(C)c(Cl)c3)C2)cc1. The Morgan fingerprint density at radius 3 is 2.65 bits per heavy atom. The predicted octanol–water partition coefficient (Wildman–Crippen LogP) is 5.39. The summed E-state index contributed by atoms with van der Waals surface area (Å²) in [4.78, 5) is 13.6. The molecule has 0 aliphatic carbocycles. The molecule has 1 heterocycles. The van der Waals surface area contributed by atoms with Gasteiger partial charge in [0.25, 0.3) is 0 Å². The standard InChI is InChI=1S/C22H26ClNO2/c1-15-4-7-19(13-22(15)23)24-11-10-21(14-24)26-20-8-5-18(6-9-20)16(2)12-17(3)25/h4-9,13,16,21H,10-12,14H2,1-3H3/t16-,21?/m1/s1. The largest absolute Gasteiger partial charge is 0.489 e. The third kappa shape index (κ3) is 4.59. The second kappa shape index (κ2) is 8.13. The van der Waals surface area contributed by atoms with Crippen molar-refractivity contribution in [3.8, 4) is 5.75 Å². The molecule has 1 aliphatic heterocycles. The lowest BCUT2D eigenvalue weighted by Crippen LogP contribution is -2.24. The summed E-state index contributed by atoms with van der Waals surface area (Å²) in [6.45, 7) is 7.57. The van der Waals surface area contributed by atoms with Gasteiger partial charge in [0.05, 0.1) is 6.54 Å². The van der Waals surface area contributed by atoms with Crippen molar-refractivity contribution < 1.29 is 9.53 Å². The minimum atomic E-state index is 0.176. The number of nitrogens with zero attached hydrogens (tertiary/aromatic N) is 1. The van der Waals surface area contributed by atoms with Crippen molar-refractivity contribution in [3.05, 3.63) is 58.6 Å². The molecule has 0 N–H and O–H groups in total. The zero-order chi connectivity index (χ0) is 18.7. The van der Waals surface area contributed by atoms with Gasteiger partial charge in [-0.05, 0) is 55.2 Å². The zero-order valence-corrected chi connectivity index (χ0v) is 16.4. The smallest absolute Gasteiger partial charge is 0.130 e. The molecule has 138 valence electrons. The Kier molecular flexibility index (Phi) is 5.87. The zero-order valence-electron chi connectivity index (χ0n) is 15.7. The number of benzene rings is 2. The van der Waals surface area contributed by atoms with Gasteiger partial charge in [0, 0.05) is 30.1 Å². The van der Waals surface area contributed by atoms with Crippen LogP contribution in [0.1, 0.15) is 43.7 Å². The molecule has 2 aromatic carbocycles. The fourth-order valence-corrected chi connectivity index (χ4v) is 3.63. The molecule has 0 saturated carbocycles. The summed E-state index contributed by atoms with van der Waals surface area (Å²) in [6, 6.07) is 14.4. The predicted molar refractivity (Wildman–Crippen MR) is 108 cm³/mol. The molecule has 1 fully saturated rings. The molecular formula is C22H26ClNO2. The van der Waals surface area contributed by atoms with E-state index in [9.17, 15) is 4.79 Å². The lowest BCUT2D eigenvalue weighted by atomic mass is 9.96. The number of carbonyl (C=O) groups is 1. The summed E-state index contributed by atoms with van der Waals surface area (Å²) >= 11 is 6.25. The second-order valence-corrected chi connectivity index (χ2v) is 7.69. The first-order valence-corrected chi connectivity index (χ1v) is 9.57. The van der Waals surface area contributed by atoms with E-state index in [4.69, 9.17) is 16.3 Å². The maximum atomic E-state index is 11.3. The van der Waals surface area contributed by atoms with Crippen molar-refractivity contribution in [1.29, 1.82) is 0 Å². The van der Waals surface area contributed by atoms with Gasteiger partial charge in [-0.2, -0.15) is 0 Å². The van der Waals surface area contributed by atoms with E-state index in [0.717, 1.165) is 41.5 Å². The van der Waals surface area contributed by atoms with Gasteiger partial charge in [0.2, 0.25) is 0 Å². The number of ketones is 1. The van der Waals surface area contributed by atoms with Crippen molar-refractivity contribution in [3.63, 3.8) is 0 Å². The maximum Gasteiger partial charge on any atom is 0.130 e. The van der Waals surface area contributed by atoms with E-state index in [2.05, 4.69) is 36.1 Å². The average Bonchev–Trinajstić information content (AvgIpc) is 3.06. The van der Waals surface area contributed by atoms with Crippen LogP contribution in [0, 0.1) is 6.92 Å². The first kappa shape index (κ1) is 18.8. The van der Waals surface area contributed by atoms with Crippen LogP contribution in [0.2, 0.25) is 5.02 Å². The molecule has 0 bridgehead atoms. The molecule has 3 nitrogen and oxygen atoms in total. The number of ether oxygens (including phenoxy) is 1. The molecule has 3 rings (SSSR count). The average molecular weight is 372 g/mol. The highest BCUT2D eigenvalue weighted by Crippen LogP contribution is 2.28. The molecule has 0 spiro atoms. The molecule has 1 aliphatic rings. The van der Waals surface area contributed by atoms with Crippen LogP contribution in [-0.4, -0.2) is 25.0 Å². The lowest BCUT2D eigenvalue weighted by molar-refractivity contribution is -0.117. The third-order valence-electron chi connectivity index (χ3n) is 5.01. The van der Waals surface area contributed by atoms with Gasteiger partial charge in [-0.1, -0.05) is 36.7 Å². The molecule has 4 heteroatoms. The molecule has 1 saturated heterocycles. The monoisotopic (exact) mass is 371 g/mol. The van der Waals surface area contributed by atoms with Crippen molar-refractivity contribution in [2.24, 2.45) is 0 Å². The Morgan fingerprint density at radius 2 is 2.00 bits per heavy atom. The van der Waals surface area contributed by atoms with E-state index in [0.29, 0.717) is 6.42 Å². The van der Waals surface area contributed by atoms with Gasteiger partial charge in [-0.3, -0.25) is 0 Å². The molecule has 0 aromatic heterocycles. The molecule has 2 aromatic rings. The van der Waals surface area contributed by atoms with Crippen molar-refractivity contribution in [2.75, 3.05) is 18.0 Å². The fraction of sp³-hybridized carbons (Fsp3) is 0.409. The quantitative estimate of drug-likeness (QED) is 0.681. The van der Waals surface area contributed by atoms with Crippen LogP contribution < -0.4 is 9.64 Å². The van der Waals surface area contributed by atoms with Gasteiger partial charge in [0.1, 0.15) is 17.6 Å². The van der Waals surface area contributed by atoms with E-state index in [1.807, 2.05) is 25.1 Å². The third-order valence-corrected chi connectivity index (χ3v) is 5.42. The summed E-state index contributed by atoms with van der Waals surface area (Å²) in [5.41, 5.74) is 3.43. The number of aryl methyl sites for hydroxylation is 1. The van der Waals surface area contributed by atoms with Gasteiger partial charge in [-0.25, -0.2) is 0 Å². The Morgan fingerprint density at radius 1 is 1.27 bits per heavy atom. The first-order valence-electron chi connectivity index (χ1n) is 9.19. The van der Waals surface area contributed by atoms with E-state index in [1.165, 1.54) is 5.56 Å². The molecule has 2 atom stereocenters. The molecule has 0 radical (unpaired) electrons. The van der Waals surface area contributed by atoms with Gasteiger partial charge >= 0.3 is 0 Å². The number of carbonyl (C=O) groups excluding carboxylic acids is 1. The highest BCUT2D eigenvalue weighted by atomic mass is 35.5. The van der Waals surface area contributed by atoms with Crippen molar-refractivity contribution in [1.82, 2.24) is 0 Å². The Hall–Kier alpha value is -2.00. The second-order valence-electron chi connectivity index (χ2n) is 7.28. The Labute approximate surface area is 160 Å². The van der Waals surface area contributed by atoms with Crippen molar-refractivity contribution in [2.45, 2.75) is 45.6 Å². The number of hydrogen-bond donors (Lipinski definition) is 0. The minimum Gasteiger partial charge on any atom is -0.489 e. The van der Waals surface area contributed by atoms with Gasteiger partial charge < -0.3 is 14.4 Å². The molecule has 0 amide bonds. The molecule has 26 heavy (non-hydrogen) atoms. The minimum absolute atomic E-state index is 0.176. The highest BCUT2D eigenvalue weighted by Gasteiger charge is 2.24. The van der Waals surface area contributed by atoms with E-state index < -0.39 is 0 Å². The van der Waals surface area contributed by atoms with E-state index in [-0.39, 0.29) is 17.8 Å². The van der Waals surface area contributed by atoms with E-state index in [1.54, 1.807) is 6.92 Å². The van der Waals surface area contributed by atoms with Gasteiger partial charge in [0.15, 0.2) is 0 Å². The summed E-state index contributed by atoms with van der Waals surface area (Å²) in [6.07, 6.45) is 1.75. The summed E-state index contributed by atoms with van der Waals surface area (Å²) in [5, 5.41) is 0.808. The number of halogens is 1.